The molecule has 0 saturated carbocycles. The van der Waals surface area contributed by atoms with Crippen LogP contribution in [0.3, 0.4) is 0 Å². The van der Waals surface area contributed by atoms with Crippen molar-refractivity contribution in [3.8, 4) is 5.75 Å². The van der Waals surface area contributed by atoms with Crippen molar-refractivity contribution in [3.63, 3.8) is 0 Å². The fourth-order valence-electron chi connectivity index (χ4n) is 1.55. The van der Waals surface area contributed by atoms with Gasteiger partial charge in [-0.3, -0.25) is 0 Å². The standard InChI is InChI=1S/C14H13NO3S/c1-10-2-4-13(11(6-10)3-5-14(16)17)18-7-12-8-19-9-15-12/h2-6,8-9H,7H2,1H3,(H,16,17). The lowest BCUT2D eigenvalue weighted by Crippen LogP contribution is -1.97. The van der Waals surface area contributed by atoms with Crippen molar-refractivity contribution in [2.24, 2.45) is 0 Å². The predicted molar refractivity (Wildman–Crippen MR) is 74.3 cm³/mol. The van der Waals surface area contributed by atoms with Gasteiger partial charge in [-0.1, -0.05) is 11.6 Å². The third kappa shape index (κ3) is 3.93. The summed E-state index contributed by atoms with van der Waals surface area (Å²) >= 11 is 1.51. The Hall–Kier alpha value is -2.14. The van der Waals surface area contributed by atoms with Crippen LogP contribution >= 0.6 is 11.3 Å². The Morgan fingerprint density at radius 3 is 3.05 bits per heavy atom. The molecule has 0 amide bonds. The molecule has 98 valence electrons. The molecule has 0 atom stereocenters. The third-order valence-corrected chi connectivity index (χ3v) is 3.07. The summed E-state index contributed by atoms with van der Waals surface area (Å²) in [6.45, 7) is 2.32. The Kier molecular flexibility index (Phi) is 4.30. The fourth-order valence-corrected chi connectivity index (χ4v) is 2.09. The Bertz CT molecular complexity index is 591. The minimum Gasteiger partial charge on any atom is -0.487 e. The molecule has 4 nitrogen and oxygen atoms in total. The largest absolute Gasteiger partial charge is 0.487 e. The quantitative estimate of drug-likeness (QED) is 0.852. The zero-order valence-corrected chi connectivity index (χ0v) is 11.2. The highest BCUT2D eigenvalue weighted by atomic mass is 32.1. The van der Waals surface area contributed by atoms with Crippen LogP contribution in [0.5, 0.6) is 5.75 Å². The number of aromatic nitrogens is 1. The van der Waals surface area contributed by atoms with Gasteiger partial charge in [0.15, 0.2) is 0 Å². The van der Waals surface area contributed by atoms with Gasteiger partial charge in [0.1, 0.15) is 12.4 Å². The summed E-state index contributed by atoms with van der Waals surface area (Å²) in [5.74, 6) is -0.331. The van der Waals surface area contributed by atoms with Crippen LogP contribution in [-0.4, -0.2) is 16.1 Å². The van der Waals surface area contributed by atoms with Gasteiger partial charge in [0, 0.05) is 17.0 Å². The number of rotatable bonds is 5. The summed E-state index contributed by atoms with van der Waals surface area (Å²) < 4.78 is 5.67. The molecule has 1 N–H and O–H groups in total. The number of hydrogen-bond acceptors (Lipinski definition) is 4. The fraction of sp³-hybridized carbons (Fsp3) is 0.143. The highest BCUT2D eigenvalue weighted by Gasteiger charge is 2.03. The summed E-state index contributed by atoms with van der Waals surface area (Å²) in [4.78, 5) is 14.7. The van der Waals surface area contributed by atoms with Crippen molar-refractivity contribution in [1.29, 1.82) is 0 Å². The predicted octanol–water partition coefficient (Wildman–Crippen LogP) is 3.13. The summed E-state index contributed by atoms with van der Waals surface area (Å²) in [5.41, 5.74) is 4.40. The minimum atomic E-state index is -0.980. The first-order valence-electron chi connectivity index (χ1n) is 5.66. The maximum atomic E-state index is 10.6. The molecular formula is C14H13NO3S. The zero-order chi connectivity index (χ0) is 13.7. The molecule has 0 aliphatic rings. The lowest BCUT2D eigenvalue weighted by molar-refractivity contribution is -0.131. The summed E-state index contributed by atoms with van der Waals surface area (Å²) in [6, 6.07) is 5.65. The molecule has 1 aromatic carbocycles. The number of nitrogens with zero attached hydrogens (tertiary/aromatic N) is 1. The highest BCUT2D eigenvalue weighted by molar-refractivity contribution is 7.07. The molecule has 1 heterocycles. The van der Waals surface area contributed by atoms with Crippen LogP contribution in [-0.2, 0) is 11.4 Å². The number of hydrogen-bond donors (Lipinski definition) is 1. The number of ether oxygens (including phenoxy) is 1. The smallest absolute Gasteiger partial charge is 0.328 e. The molecular weight excluding hydrogens is 262 g/mol. The molecule has 2 rings (SSSR count). The monoisotopic (exact) mass is 275 g/mol. The van der Waals surface area contributed by atoms with Crippen molar-refractivity contribution in [1.82, 2.24) is 4.98 Å². The maximum absolute atomic E-state index is 10.6. The van der Waals surface area contributed by atoms with E-state index in [1.165, 1.54) is 17.4 Å². The average Bonchev–Trinajstić information content (AvgIpc) is 2.88. The molecule has 19 heavy (non-hydrogen) atoms. The summed E-state index contributed by atoms with van der Waals surface area (Å²) in [7, 11) is 0. The Morgan fingerprint density at radius 2 is 2.37 bits per heavy atom. The molecule has 1 aromatic heterocycles. The number of aryl methyl sites for hydroxylation is 1. The van der Waals surface area contributed by atoms with E-state index in [0.717, 1.165) is 22.9 Å². The third-order valence-electron chi connectivity index (χ3n) is 2.43. The molecule has 0 fully saturated rings. The summed E-state index contributed by atoms with van der Waals surface area (Å²) in [5, 5.41) is 10.6. The number of carboxylic acid groups (broad SMARTS) is 1. The lowest BCUT2D eigenvalue weighted by Gasteiger charge is -2.08. The highest BCUT2D eigenvalue weighted by Crippen LogP contribution is 2.22. The van der Waals surface area contributed by atoms with E-state index in [0.29, 0.717) is 12.4 Å². The Labute approximate surface area is 115 Å². The first kappa shape index (κ1) is 13.3. The molecule has 0 unspecified atom stereocenters. The topological polar surface area (TPSA) is 59.4 Å². The van der Waals surface area contributed by atoms with Gasteiger partial charge in [-0.15, -0.1) is 11.3 Å². The maximum Gasteiger partial charge on any atom is 0.328 e. The van der Waals surface area contributed by atoms with E-state index in [1.54, 1.807) is 5.51 Å². The second-order valence-corrected chi connectivity index (χ2v) is 4.70. The van der Waals surface area contributed by atoms with Crippen molar-refractivity contribution in [2.75, 3.05) is 0 Å². The number of carbonyl (C=O) groups is 1. The summed E-state index contributed by atoms with van der Waals surface area (Å²) in [6.07, 6.45) is 2.64. The molecule has 0 bridgehead atoms. The van der Waals surface area contributed by atoms with E-state index < -0.39 is 5.97 Å². The van der Waals surface area contributed by atoms with Crippen molar-refractivity contribution in [2.45, 2.75) is 13.5 Å². The second kappa shape index (κ2) is 6.15. The molecule has 0 aliphatic heterocycles. The molecule has 2 aromatic rings. The average molecular weight is 275 g/mol. The van der Waals surface area contributed by atoms with Crippen LogP contribution in [0.15, 0.2) is 35.2 Å². The van der Waals surface area contributed by atoms with E-state index in [2.05, 4.69) is 4.98 Å². The molecule has 0 aliphatic carbocycles. The molecule has 5 heteroatoms. The first-order chi connectivity index (χ1) is 9.15. The van der Waals surface area contributed by atoms with Gasteiger partial charge < -0.3 is 9.84 Å². The first-order valence-corrected chi connectivity index (χ1v) is 6.61. The number of aliphatic carboxylic acids is 1. The second-order valence-electron chi connectivity index (χ2n) is 3.98. The van der Waals surface area contributed by atoms with Gasteiger partial charge in [0.2, 0.25) is 0 Å². The van der Waals surface area contributed by atoms with Crippen molar-refractivity contribution < 1.29 is 14.6 Å². The van der Waals surface area contributed by atoms with E-state index in [-0.39, 0.29) is 0 Å². The van der Waals surface area contributed by atoms with Crippen molar-refractivity contribution >= 4 is 23.4 Å². The number of benzene rings is 1. The van der Waals surface area contributed by atoms with Gasteiger partial charge in [0.25, 0.3) is 0 Å². The zero-order valence-electron chi connectivity index (χ0n) is 10.4. The van der Waals surface area contributed by atoms with Gasteiger partial charge in [-0.2, -0.15) is 0 Å². The van der Waals surface area contributed by atoms with E-state index in [9.17, 15) is 4.79 Å². The van der Waals surface area contributed by atoms with Gasteiger partial charge in [-0.25, -0.2) is 9.78 Å². The minimum absolute atomic E-state index is 0.375. The van der Waals surface area contributed by atoms with Crippen LogP contribution in [0.25, 0.3) is 6.08 Å². The van der Waals surface area contributed by atoms with Gasteiger partial charge in [0.05, 0.1) is 11.2 Å². The van der Waals surface area contributed by atoms with Gasteiger partial charge in [-0.05, 0) is 25.1 Å². The van der Waals surface area contributed by atoms with Gasteiger partial charge >= 0.3 is 5.97 Å². The van der Waals surface area contributed by atoms with E-state index >= 15 is 0 Å². The SMILES string of the molecule is Cc1ccc(OCc2cscn2)c(C=CC(=O)O)c1. The van der Waals surface area contributed by atoms with E-state index in [1.807, 2.05) is 30.5 Å². The number of thiazole rings is 1. The van der Waals surface area contributed by atoms with Crippen LogP contribution in [0.1, 0.15) is 16.8 Å². The Balaban J connectivity index is 2.16. The molecule has 0 spiro atoms. The van der Waals surface area contributed by atoms with Crippen LogP contribution in [0.2, 0.25) is 0 Å². The van der Waals surface area contributed by atoms with Crippen molar-refractivity contribution in [3.05, 3.63) is 52.0 Å². The van der Waals surface area contributed by atoms with Crippen LogP contribution in [0, 0.1) is 6.92 Å². The van der Waals surface area contributed by atoms with Crippen LogP contribution < -0.4 is 4.74 Å². The Morgan fingerprint density at radius 1 is 1.53 bits per heavy atom. The number of carboxylic acids is 1. The van der Waals surface area contributed by atoms with Crippen LogP contribution in [0.4, 0.5) is 0 Å². The molecule has 0 radical (unpaired) electrons. The normalized spacial score (nSPS) is 10.8. The molecule has 0 saturated heterocycles. The van der Waals surface area contributed by atoms with E-state index in [4.69, 9.17) is 9.84 Å². The lowest BCUT2D eigenvalue weighted by atomic mass is 10.1.